The topological polar surface area (TPSA) is 9.23 Å². The molecule has 152 valence electrons. The normalized spacial score (nSPS) is 11.0. The van der Waals surface area contributed by atoms with Gasteiger partial charge in [-0.3, -0.25) is 0 Å². The average molecular weight is 478 g/mol. The van der Waals surface area contributed by atoms with Crippen LogP contribution in [0.4, 0.5) is 0 Å². The molecule has 0 aliphatic heterocycles. The van der Waals surface area contributed by atoms with E-state index in [1.807, 2.05) is 0 Å². The van der Waals surface area contributed by atoms with E-state index in [1.54, 1.807) is 7.11 Å². The van der Waals surface area contributed by atoms with E-state index in [2.05, 4.69) is 115 Å². The molecule has 4 aromatic carbocycles. The predicted octanol–water partition coefficient (Wildman–Crippen LogP) is 5.91. The maximum Gasteiger partial charge on any atom is 0.116 e. The van der Waals surface area contributed by atoms with Crippen LogP contribution in [0.5, 0.6) is 0 Å². The van der Waals surface area contributed by atoms with Crippen molar-refractivity contribution < 1.29 is 4.74 Å². The largest absolute Gasteiger partial charge is 0.380 e. The zero-order valence-corrected chi connectivity index (χ0v) is 19.8. The molecular weight excluding hydrogens is 451 g/mol. The first kappa shape index (κ1) is 22.4. The van der Waals surface area contributed by atoms with Crippen molar-refractivity contribution in [3.05, 3.63) is 126 Å². The van der Waals surface area contributed by atoms with Crippen molar-refractivity contribution in [3.63, 3.8) is 0 Å². The number of methoxy groups -OCH3 is 1. The minimum atomic E-state index is -1.85. The fourth-order valence-corrected chi connectivity index (χ4v) is 8.26. The average Bonchev–Trinajstić information content (AvgIpc) is 2.80. The Hall–Kier alpha value is -2.25. The maximum atomic E-state index is 5.38. The van der Waals surface area contributed by atoms with Crippen LogP contribution in [-0.2, 0) is 17.5 Å². The van der Waals surface area contributed by atoms with Gasteiger partial charge in [0.25, 0.3) is 0 Å². The van der Waals surface area contributed by atoms with E-state index in [4.69, 9.17) is 4.74 Å². The lowest BCUT2D eigenvalue weighted by molar-refractivity contribution is 0.185. The van der Waals surface area contributed by atoms with Gasteiger partial charge in [0.15, 0.2) is 0 Å². The molecule has 0 aliphatic carbocycles. The van der Waals surface area contributed by atoms with E-state index in [9.17, 15) is 0 Å². The Bertz CT molecular complexity index is 939. The molecular formula is C27H27BrOP+. The van der Waals surface area contributed by atoms with Gasteiger partial charge in [-0.25, -0.2) is 0 Å². The maximum absolute atomic E-state index is 5.38. The smallest absolute Gasteiger partial charge is 0.116 e. The van der Waals surface area contributed by atoms with Crippen molar-refractivity contribution in [1.29, 1.82) is 0 Å². The molecule has 4 aromatic rings. The van der Waals surface area contributed by atoms with E-state index in [0.717, 1.165) is 6.16 Å². The first-order valence-electron chi connectivity index (χ1n) is 9.94. The van der Waals surface area contributed by atoms with E-state index in [-0.39, 0.29) is 17.0 Å². The number of benzene rings is 4. The van der Waals surface area contributed by atoms with Crippen LogP contribution in [0, 0.1) is 0 Å². The molecule has 0 aliphatic rings. The summed E-state index contributed by atoms with van der Waals surface area (Å²) in [6.45, 7) is 0.640. The molecule has 0 saturated heterocycles. The number of halogens is 1. The molecule has 0 fully saturated rings. The fourth-order valence-electron chi connectivity index (χ4n) is 4.03. The minimum Gasteiger partial charge on any atom is -0.380 e. The summed E-state index contributed by atoms with van der Waals surface area (Å²) in [5, 5.41) is 4.23. The van der Waals surface area contributed by atoms with Crippen LogP contribution in [0.3, 0.4) is 0 Å². The molecule has 0 spiro atoms. The molecule has 4 rings (SSSR count). The summed E-state index contributed by atoms with van der Waals surface area (Å²) in [5.41, 5.74) is 2.57. The quantitative estimate of drug-likeness (QED) is 0.301. The van der Waals surface area contributed by atoms with Gasteiger partial charge in [-0.1, -0.05) is 72.8 Å². The molecule has 0 saturated carbocycles. The highest BCUT2D eigenvalue weighted by Gasteiger charge is 2.45. The second-order valence-corrected chi connectivity index (χ2v) is 10.7. The number of ether oxygens (including phenoxy) is 1. The second kappa shape index (κ2) is 10.7. The number of rotatable bonds is 7. The molecule has 0 amide bonds. The van der Waals surface area contributed by atoms with Crippen LogP contribution >= 0.6 is 24.2 Å². The monoisotopic (exact) mass is 477 g/mol. The Morgan fingerprint density at radius 2 is 1.00 bits per heavy atom. The Labute approximate surface area is 190 Å². The van der Waals surface area contributed by atoms with Crippen molar-refractivity contribution in [1.82, 2.24) is 0 Å². The first-order chi connectivity index (χ1) is 14.3. The summed E-state index contributed by atoms with van der Waals surface area (Å²) >= 11 is 0. The van der Waals surface area contributed by atoms with Crippen molar-refractivity contribution in [2.24, 2.45) is 0 Å². The van der Waals surface area contributed by atoms with Gasteiger partial charge in [0, 0.05) is 7.11 Å². The van der Waals surface area contributed by atoms with Gasteiger partial charge in [-0.15, -0.1) is 17.0 Å². The lowest BCUT2D eigenvalue weighted by Gasteiger charge is -2.28. The lowest BCUT2D eigenvalue weighted by Crippen LogP contribution is -2.32. The lowest BCUT2D eigenvalue weighted by atomic mass is 10.1. The summed E-state index contributed by atoms with van der Waals surface area (Å²) in [4.78, 5) is 0. The van der Waals surface area contributed by atoms with E-state index >= 15 is 0 Å². The summed E-state index contributed by atoms with van der Waals surface area (Å²) < 4.78 is 5.38. The molecule has 0 unspecified atom stereocenters. The highest BCUT2D eigenvalue weighted by Crippen LogP contribution is 2.58. The van der Waals surface area contributed by atoms with E-state index in [0.29, 0.717) is 6.61 Å². The zero-order valence-electron chi connectivity index (χ0n) is 17.1. The Balaban J connectivity index is 0.00000256. The number of hydrogen-bond acceptors (Lipinski definition) is 1. The molecule has 1 nitrogen and oxygen atoms in total. The Morgan fingerprint density at radius 3 is 1.43 bits per heavy atom. The van der Waals surface area contributed by atoms with Crippen molar-refractivity contribution in [2.75, 3.05) is 7.11 Å². The fraction of sp³-hybridized carbons (Fsp3) is 0.111. The SMILES string of the molecule is Br.COCc1cccc(C[P+](c2ccccc2)(c2ccccc2)c2ccccc2)c1. The Kier molecular flexibility index (Phi) is 7.99. The third-order valence-corrected chi connectivity index (χ3v) is 9.69. The molecule has 0 heterocycles. The summed E-state index contributed by atoms with van der Waals surface area (Å²) in [6.07, 6.45) is 0.989. The third kappa shape index (κ3) is 4.73. The third-order valence-electron chi connectivity index (χ3n) is 5.31. The Morgan fingerprint density at radius 1 is 0.567 bits per heavy atom. The highest BCUT2D eigenvalue weighted by molar-refractivity contribution is 8.93. The van der Waals surface area contributed by atoms with Crippen molar-refractivity contribution in [2.45, 2.75) is 12.8 Å². The molecule has 0 aromatic heterocycles. The minimum absolute atomic E-state index is 0. The van der Waals surface area contributed by atoms with Crippen molar-refractivity contribution >= 4 is 40.2 Å². The zero-order chi connectivity index (χ0) is 19.9. The van der Waals surface area contributed by atoms with Crippen LogP contribution in [0.2, 0.25) is 0 Å². The molecule has 0 atom stereocenters. The van der Waals surface area contributed by atoms with Gasteiger partial charge in [-0.2, -0.15) is 0 Å². The van der Waals surface area contributed by atoms with Gasteiger partial charge in [-0.05, 0) is 53.6 Å². The first-order valence-corrected chi connectivity index (χ1v) is 11.9. The van der Waals surface area contributed by atoms with Crippen LogP contribution in [0.15, 0.2) is 115 Å². The summed E-state index contributed by atoms with van der Waals surface area (Å²) in [7, 11) is -0.103. The van der Waals surface area contributed by atoms with Crippen LogP contribution < -0.4 is 15.9 Å². The summed E-state index contributed by atoms with van der Waals surface area (Å²) in [6, 6.07) is 41.9. The molecule has 0 radical (unpaired) electrons. The standard InChI is InChI=1S/C27H26OP.BrH/c1-28-21-23-12-11-13-24(20-23)22-29(25-14-5-2-6-15-25,26-16-7-3-8-17-26)27-18-9-4-10-19-27;/h2-20H,21-22H2,1H3;1H/q+1;. The molecule has 3 heteroatoms. The molecule has 0 N–H and O–H groups in total. The van der Waals surface area contributed by atoms with Gasteiger partial charge in [0.2, 0.25) is 0 Å². The van der Waals surface area contributed by atoms with Gasteiger partial charge >= 0.3 is 0 Å². The van der Waals surface area contributed by atoms with Crippen LogP contribution in [0.1, 0.15) is 11.1 Å². The van der Waals surface area contributed by atoms with Crippen molar-refractivity contribution in [3.8, 4) is 0 Å². The summed E-state index contributed by atoms with van der Waals surface area (Å²) in [5.74, 6) is 0. The highest BCUT2D eigenvalue weighted by atomic mass is 79.9. The second-order valence-electron chi connectivity index (χ2n) is 7.23. The predicted molar refractivity (Wildman–Crippen MR) is 136 cm³/mol. The molecule has 0 bridgehead atoms. The van der Waals surface area contributed by atoms with Gasteiger partial charge in [0.1, 0.15) is 23.2 Å². The van der Waals surface area contributed by atoms with E-state index < -0.39 is 7.26 Å². The number of hydrogen-bond donors (Lipinski definition) is 0. The van der Waals surface area contributed by atoms with E-state index in [1.165, 1.54) is 27.0 Å². The van der Waals surface area contributed by atoms with Crippen LogP contribution in [-0.4, -0.2) is 7.11 Å². The van der Waals surface area contributed by atoms with Crippen LogP contribution in [0.25, 0.3) is 0 Å². The van der Waals surface area contributed by atoms with Gasteiger partial charge < -0.3 is 4.74 Å². The van der Waals surface area contributed by atoms with Gasteiger partial charge in [0.05, 0.1) is 12.8 Å². The molecule has 30 heavy (non-hydrogen) atoms.